The number of hydrogen-bond acceptors (Lipinski definition) is 6. The molecule has 0 amide bonds. The highest BCUT2D eigenvalue weighted by molar-refractivity contribution is 6.06. The molecule has 2 heterocycles. The van der Waals surface area contributed by atoms with Crippen LogP contribution < -0.4 is 0 Å². The van der Waals surface area contributed by atoms with Gasteiger partial charge in [0.1, 0.15) is 11.8 Å². The smallest absolute Gasteiger partial charge is 0.317 e. The van der Waals surface area contributed by atoms with Gasteiger partial charge >= 0.3 is 11.9 Å². The molecule has 0 aromatic carbocycles. The fourth-order valence-corrected chi connectivity index (χ4v) is 2.75. The molecule has 0 N–H and O–H groups in total. The lowest BCUT2D eigenvalue weighted by atomic mass is 9.92. The zero-order valence-corrected chi connectivity index (χ0v) is 11.4. The quantitative estimate of drug-likeness (QED) is 0.681. The van der Waals surface area contributed by atoms with E-state index in [2.05, 4.69) is 9.89 Å². The Labute approximate surface area is 112 Å². The van der Waals surface area contributed by atoms with Gasteiger partial charge in [0.2, 0.25) is 0 Å². The van der Waals surface area contributed by atoms with Crippen LogP contribution in [0.4, 0.5) is 0 Å². The molecule has 0 spiro atoms. The summed E-state index contributed by atoms with van der Waals surface area (Å²) in [6, 6.07) is 0. The Balaban J connectivity index is 2.17. The molecule has 2 aliphatic heterocycles. The van der Waals surface area contributed by atoms with Crippen molar-refractivity contribution in [2.75, 3.05) is 33.9 Å². The molecule has 0 aliphatic carbocycles. The predicted octanol–water partition coefficient (Wildman–Crippen LogP) is 0.463. The molecule has 0 saturated carbocycles. The van der Waals surface area contributed by atoms with Crippen LogP contribution in [-0.4, -0.2) is 56.5 Å². The highest BCUT2D eigenvalue weighted by Gasteiger charge is 2.45. The molecule has 0 bridgehead atoms. The minimum atomic E-state index is -0.615. The Hall–Kier alpha value is -1.59. The molecule has 0 aromatic heterocycles. The molecule has 6 heteroatoms. The van der Waals surface area contributed by atoms with Crippen LogP contribution in [0, 0.1) is 11.8 Å². The second-order valence-corrected chi connectivity index (χ2v) is 4.88. The van der Waals surface area contributed by atoms with Gasteiger partial charge in [-0.05, 0) is 19.3 Å². The van der Waals surface area contributed by atoms with E-state index in [9.17, 15) is 9.59 Å². The number of likely N-dealkylation sites (tertiary alicyclic amines) is 1. The zero-order chi connectivity index (χ0) is 13.8. The van der Waals surface area contributed by atoms with Crippen LogP contribution in [-0.2, 0) is 19.1 Å². The fourth-order valence-electron chi connectivity index (χ4n) is 2.75. The van der Waals surface area contributed by atoms with Crippen LogP contribution in [0.2, 0.25) is 0 Å². The average Bonchev–Trinajstić information content (AvgIpc) is 2.91. The van der Waals surface area contributed by atoms with E-state index in [0.717, 1.165) is 25.9 Å². The molecule has 1 saturated heterocycles. The minimum absolute atomic E-state index is 0.304. The third-order valence-electron chi connectivity index (χ3n) is 3.77. The van der Waals surface area contributed by atoms with Crippen molar-refractivity contribution < 1.29 is 19.1 Å². The van der Waals surface area contributed by atoms with Gasteiger partial charge in [-0.15, -0.1) is 0 Å². The number of aliphatic imine (C=N–C) groups is 1. The lowest BCUT2D eigenvalue weighted by Gasteiger charge is -2.31. The summed E-state index contributed by atoms with van der Waals surface area (Å²) >= 11 is 0. The standard InChI is InChI=1S/C13H20N2O4/c1-18-12(16)9-8-14-11(10(9)13(17)19-2)15-6-4-3-5-7-15/h9-10H,3-8H2,1-2H3/t9?,10-/m1/s1. The number of piperidine rings is 1. The van der Waals surface area contributed by atoms with E-state index in [4.69, 9.17) is 9.47 Å². The van der Waals surface area contributed by atoms with Gasteiger partial charge < -0.3 is 14.4 Å². The van der Waals surface area contributed by atoms with Crippen molar-refractivity contribution in [3.63, 3.8) is 0 Å². The second-order valence-electron chi connectivity index (χ2n) is 4.88. The Morgan fingerprint density at radius 3 is 2.32 bits per heavy atom. The van der Waals surface area contributed by atoms with E-state index in [-0.39, 0.29) is 0 Å². The minimum Gasteiger partial charge on any atom is -0.469 e. The molecule has 2 rings (SSSR count). The lowest BCUT2D eigenvalue weighted by Crippen LogP contribution is -2.44. The first-order chi connectivity index (χ1) is 9.19. The zero-order valence-electron chi connectivity index (χ0n) is 11.4. The molecule has 2 aliphatic rings. The van der Waals surface area contributed by atoms with E-state index < -0.39 is 23.8 Å². The number of carbonyl (C=O) groups is 2. The predicted molar refractivity (Wildman–Crippen MR) is 68.7 cm³/mol. The van der Waals surface area contributed by atoms with Gasteiger partial charge in [0.15, 0.2) is 0 Å². The first-order valence-corrected chi connectivity index (χ1v) is 6.64. The number of methoxy groups -OCH3 is 2. The van der Waals surface area contributed by atoms with Gasteiger partial charge in [-0.2, -0.15) is 0 Å². The van der Waals surface area contributed by atoms with E-state index in [0.29, 0.717) is 12.4 Å². The lowest BCUT2D eigenvalue weighted by molar-refractivity contribution is -0.154. The van der Waals surface area contributed by atoms with Gasteiger partial charge in [0.05, 0.1) is 26.7 Å². The summed E-state index contributed by atoms with van der Waals surface area (Å²) in [6.45, 7) is 2.08. The molecule has 19 heavy (non-hydrogen) atoms. The summed E-state index contributed by atoms with van der Waals surface area (Å²) in [4.78, 5) is 30.2. The second kappa shape index (κ2) is 6.04. The van der Waals surface area contributed by atoms with Crippen LogP contribution in [0.15, 0.2) is 4.99 Å². The molecular formula is C13H20N2O4. The molecule has 2 atom stereocenters. The molecule has 1 fully saturated rings. The first kappa shape index (κ1) is 13.8. The largest absolute Gasteiger partial charge is 0.469 e. The molecule has 6 nitrogen and oxygen atoms in total. The van der Waals surface area contributed by atoms with Gasteiger partial charge in [-0.1, -0.05) is 0 Å². The van der Waals surface area contributed by atoms with Gasteiger partial charge in [-0.3, -0.25) is 14.6 Å². The van der Waals surface area contributed by atoms with Crippen LogP contribution in [0.25, 0.3) is 0 Å². The molecule has 1 unspecified atom stereocenters. The Morgan fingerprint density at radius 2 is 1.74 bits per heavy atom. The third-order valence-corrected chi connectivity index (χ3v) is 3.77. The number of nitrogens with zero attached hydrogens (tertiary/aromatic N) is 2. The number of amidine groups is 1. The number of esters is 2. The van der Waals surface area contributed by atoms with Crippen molar-refractivity contribution in [2.45, 2.75) is 19.3 Å². The highest BCUT2D eigenvalue weighted by Crippen LogP contribution is 2.27. The third kappa shape index (κ3) is 2.72. The number of hydrogen-bond donors (Lipinski definition) is 0. The van der Waals surface area contributed by atoms with Gasteiger partial charge in [-0.25, -0.2) is 0 Å². The summed E-state index contributed by atoms with van der Waals surface area (Å²) < 4.78 is 9.58. The summed E-state index contributed by atoms with van der Waals surface area (Å²) in [6.07, 6.45) is 3.39. The monoisotopic (exact) mass is 268 g/mol. The fraction of sp³-hybridized carbons (Fsp3) is 0.769. The van der Waals surface area contributed by atoms with Crippen molar-refractivity contribution in [1.29, 1.82) is 0 Å². The first-order valence-electron chi connectivity index (χ1n) is 6.64. The van der Waals surface area contributed by atoms with Crippen molar-refractivity contribution in [2.24, 2.45) is 16.8 Å². The van der Waals surface area contributed by atoms with E-state index in [1.165, 1.54) is 20.6 Å². The van der Waals surface area contributed by atoms with Crippen molar-refractivity contribution >= 4 is 17.8 Å². The van der Waals surface area contributed by atoms with Gasteiger partial charge in [0, 0.05) is 13.1 Å². The van der Waals surface area contributed by atoms with E-state index in [1.54, 1.807) is 0 Å². The summed E-state index contributed by atoms with van der Waals surface area (Å²) in [7, 11) is 2.67. The Morgan fingerprint density at radius 1 is 1.11 bits per heavy atom. The van der Waals surface area contributed by atoms with Crippen molar-refractivity contribution in [1.82, 2.24) is 4.90 Å². The number of carbonyl (C=O) groups excluding carboxylic acids is 2. The van der Waals surface area contributed by atoms with Gasteiger partial charge in [0.25, 0.3) is 0 Å². The molecule has 106 valence electrons. The van der Waals surface area contributed by atoms with E-state index in [1.807, 2.05) is 0 Å². The maximum Gasteiger partial charge on any atom is 0.317 e. The SMILES string of the molecule is COC(=O)C1CN=C(N2CCCCC2)[C@@H]1C(=O)OC. The topological polar surface area (TPSA) is 68.2 Å². The maximum atomic E-state index is 12.0. The van der Waals surface area contributed by atoms with Crippen LogP contribution >= 0.6 is 0 Å². The molecular weight excluding hydrogens is 248 g/mol. The highest BCUT2D eigenvalue weighted by atomic mass is 16.5. The maximum absolute atomic E-state index is 12.0. The van der Waals surface area contributed by atoms with Crippen molar-refractivity contribution in [3.05, 3.63) is 0 Å². The summed E-state index contributed by atoms with van der Waals surface area (Å²) in [5.41, 5.74) is 0. The average molecular weight is 268 g/mol. The van der Waals surface area contributed by atoms with E-state index >= 15 is 0 Å². The van der Waals surface area contributed by atoms with Crippen LogP contribution in [0.1, 0.15) is 19.3 Å². The Bertz CT molecular complexity index is 388. The van der Waals surface area contributed by atoms with Crippen LogP contribution in [0.3, 0.4) is 0 Å². The number of ether oxygens (including phenoxy) is 2. The Kier molecular flexibility index (Phi) is 4.39. The normalized spacial score (nSPS) is 26.8. The van der Waals surface area contributed by atoms with Crippen molar-refractivity contribution in [3.8, 4) is 0 Å². The summed E-state index contributed by atoms with van der Waals surface area (Å²) in [5.74, 6) is -1.27. The summed E-state index contributed by atoms with van der Waals surface area (Å²) in [5, 5.41) is 0. The number of rotatable bonds is 2. The molecule has 0 radical (unpaired) electrons. The van der Waals surface area contributed by atoms with Crippen LogP contribution in [0.5, 0.6) is 0 Å². The molecule has 0 aromatic rings.